The Morgan fingerprint density at radius 2 is 2.04 bits per heavy atom. The molecule has 8 heteroatoms. The zero-order valence-corrected chi connectivity index (χ0v) is 16.1. The van der Waals surface area contributed by atoms with E-state index in [1.165, 1.54) is 6.07 Å². The molecule has 1 saturated heterocycles. The van der Waals surface area contributed by atoms with Gasteiger partial charge in [0.2, 0.25) is 0 Å². The highest BCUT2D eigenvalue weighted by Crippen LogP contribution is 2.45. The summed E-state index contributed by atoms with van der Waals surface area (Å²) in [5.41, 5.74) is 1.62. The van der Waals surface area contributed by atoms with Crippen LogP contribution in [0.4, 0.5) is 5.69 Å². The van der Waals surface area contributed by atoms with Crippen molar-refractivity contribution in [2.45, 2.75) is 12.3 Å². The fourth-order valence-electron chi connectivity index (χ4n) is 3.15. The zero-order valence-electron chi connectivity index (χ0n) is 15.3. The summed E-state index contributed by atoms with van der Waals surface area (Å²) in [4.78, 5) is 25.5. The summed E-state index contributed by atoms with van der Waals surface area (Å²) in [6, 6.07) is 10.2. The third-order valence-corrected chi connectivity index (χ3v) is 5.75. The van der Waals surface area contributed by atoms with Crippen molar-refractivity contribution in [1.29, 1.82) is 0 Å². The summed E-state index contributed by atoms with van der Waals surface area (Å²) >= 11 is 1.62. The molecule has 1 heterocycles. The summed E-state index contributed by atoms with van der Waals surface area (Å²) in [7, 11) is 3.13. The Labute approximate surface area is 161 Å². The number of carbonyl (C=O) groups is 1. The van der Waals surface area contributed by atoms with Crippen LogP contribution >= 0.6 is 11.8 Å². The molecular weight excluding hydrogens is 368 g/mol. The van der Waals surface area contributed by atoms with Crippen LogP contribution in [0.1, 0.15) is 26.9 Å². The summed E-state index contributed by atoms with van der Waals surface area (Å²) in [6.45, 7) is 2.21. The van der Waals surface area contributed by atoms with Gasteiger partial charge < -0.3 is 14.4 Å². The Balaban J connectivity index is 1.97. The van der Waals surface area contributed by atoms with Crippen molar-refractivity contribution >= 4 is 23.4 Å². The molecule has 7 nitrogen and oxygen atoms in total. The number of carbonyl (C=O) groups excluding carboxylic acids is 1. The van der Waals surface area contributed by atoms with E-state index in [-0.39, 0.29) is 17.0 Å². The van der Waals surface area contributed by atoms with Crippen LogP contribution in [-0.4, -0.2) is 42.2 Å². The number of ether oxygens (including phenoxy) is 2. The molecule has 0 N–H and O–H groups in total. The van der Waals surface area contributed by atoms with Crippen LogP contribution in [0.25, 0.3) is 0 Å². The average molecular weight is 388 g/mol. The van der Waals surface area contributed by atoms with Crippen molar-refractivity contribution < 1.29 is 19.2 Å². The van der Waals surface area contributed by atoms with Crippen LogP contribution in [-0.2, 0) is 0 Å². The number of aryl methyl sites for hydroxylation is 1. The lowest BCUT2D eigenvalue weighted by molar-refractivity contribution is -0.385. The summed E-state index contributed by atoms with van der Waals surface area (Å²) in [5, 5.41) is 11.0. The molecule has 0 saturated carbocycles. The average Bonchev–Trinajstić information content (AvgIpc) is 3.16. The molecule has 27 heavy (non-hydrogen) atoms. The van der Waals surface area contributed by atoms with E-state index >= 15 is 0 Å². The van der Waals surface area contributed by atoms with Gasteiger partial charge in [-0.1, -0.05) is 18.2 Å². The number of hydrogen-bond acceptors (Lipinski definition) is 6. The van der Waals surface area contributed by atoms with Crippen molar-refractivity contribution in [1.82, 2.24) is 4.90 Å². The lowest BCUT2D eigenvalue weighted by atomic mass is 10.1. The Morgan fingerprint density at radius 3 is 2.70 bits per heavy atom. The Hall–Kier alpha value is -2.74. The molecule has 0 spiro atoms. The highest BCUT2D eigenvalue weighted by Gasteiger charge is 2.34. The van der Waals surface area contributed by atoms with Gasteiger partial charge in [0.15, 0.2) is 11.5 Å². The van der Waals surface area contributed by atoms with Crippen molar-refractivity contribution in [3.8, 4) is 11.5 Å². The zero-order chi connectivity index (χ0) is 19.6. The first-order chi connectivity index (χ1) is 13.0. The largest absolute Gasteiger partial charge is 0.493 e. The smallest absolute Gasteiger partial charge is 0.273 e. The number of nitro groups is 1. The maximum atomic E-state index is 13.1. The van der Waals surface area contributed by atoms with Crippen LogP contribution in [0.5, 0.6) is 11.5 Å². The third-order valence-electron chi connectivity index (χ3n) is 4.50. The summed E-state index contributed by atoms with van der Waals surface area (Å²) in [5.74, 6) is 1.72. The fourth-order valence-corrected chi connectivity index (χ4v) is 4.42. The lowest BCUT2D eigenvalue weighted by Gasteiger charge is -2.26. The lowest BCUT2D eigenvalue weighted by Crippen LogP contribution is -2.30. The first kappa shape index (κ1) is 19.0. The van der Waals surface area contributed by atoms with Gasteiger partial charge in [0.1, 0.15) is 5.37 Å². The van der Waals surface area contributed by atoms with Gasteiger partial charge in [-0.2, -0.15) is 0 Å². The molecule has 1 fully saturated rings. The van der Waals surface area contributed by atoms with Gasteiger partial charge in [0.25, 0.3) is 11.6 Å². The number of methoxy groups -OCH3 is 2. The summed E-state index contributed by atoms with van der Waals surface area (Å²) < 4.78 is 10.9. The molecule has 2 aromatic carbocycles. The van der Waals surface area contributed by atoms with Gasteiger partial charge in [-0.3, -0.25) is 14.9 Å². The van der Waals surface area contributed by atoms with Crippen LogP contribution < -0.4 is 9.47 Å². The van der Waals surface area contributed by atoms with Gasteiger partial charge in [-0.15, -0.1) is 11.8 Å². The van der Waals surface area contributed by atoms with Crippen LogP contribution in [0.2, 0.25) is 0 Å². The normalized spacial score (nSPS) is 16.3. The van der Waals surface area contributed by atoms with Crippen molar-refractivity contribution in [2.75, 3.05) is 26.5 Å². The van der Waals surface area contributed by atoms with E-state index < -0.39 is 4.92 Å². The molecule has 142 valence electrons. The van der Waals surface area contributed by atoms with E-state index in [9.17, 15) is 14.9 Å². The maximum Gasteiger partial charge on any atom is 0.273 e. The fraction of sp³-hybridized carbons (Fsp3) is 0.316. The van der Waals surface area contributed by atoms with E-state index in [0.29, 0.717) is 29.2 Å². The van der Waals surface area contributed by atoms with Crippen LogP contribution in [0.15, 0.2) is 36.4 Å². The number of amides is 1. The third kappa shape index (κ3) is 3.57. The molecule has 0 aliphatic carbocycles. The van der Waals surface area contributed by atoms with E-state index in [1.807, 2.05) is 12.1 Å². The Kier molecular flexibility index (Phi) is 5.55. The Bertz CT molecular complexity index is 886. The molecular formula is C19H20N2O5S. The van der Waals surface area contributed by atoms with E-state index in [0.717, 1.165) is 11.3 Å². The number of nitrogens with zero attached hydrogens (tertiary/aromatic N) is 2. The van der Waals surface area contributed by atoms with Gasteiger partial charge in [-0.25, -0.2) is 0 Å². The molecule has 0 unspecified atom stereocenters. The second-order valence-corrected chi connectivity index (χ2v) is 7.25. The molecule has 0 radical (unpaired) electrons. The minimum Gasteiger partial charge on any atom is -0.493 e. The molecule has 1 aliphatic heterocycles. The molecule has 1 amide bonds. The van der Waals surface area contributed by atoms with Gasteiger partial charge >= 0.3 is 0 Å². The van der Waals surface area contributed by atoms with E-state index in [1.54, 1.807) is 56.0 Å². The molecule has 0 aromatic heterocycles. The van der Waals surface area contributed by atoms with Crippen LogP contribution in [0.3, 0.4) is 0 Å². The second-order valence-electron chi connectivity index (χ2n) is 6.06. The van der Waals surface area contributed by atoms with Crippen molar-refractivity contribution in [2.24, 2.45) is 0 Å². The molecule has 1 atom stereocenters. The predicted octanol–water partition coefficient (Wildman–Crippen LogP) is 3.81. The number of nitro benzene ring substituents is 1. The minimum absolute atomic E-state index is 0.0526. The molecule has 0 bridgehead atoms. The van der Waals surface area contributed by atoms with E-state index in [4.69, 9.17) is 9.47 Å². The van der Waals surface area contributed by atoms with E-state index in [2.05, 4.69) is 0 Å². The SMILES string of the molecule is COc1cccc([C@H]2SCCN2C(=O)c2ccc(C)c([N+](=O)[O-])c2)c1OC. The maximum absolute atomic E-state index is 13.1. The molecule has 1 aliphatic rings. The number of thioether (sulfide) groups is 1. The number of para-hydroxylation sites is 1. The van der Waals surface area contributed by atoms with Crippen LogP contribution in [0, 0.1) is 17.0 Å². The number of hydrogen-bond donors (Lipinski definition) is 0. The topological polar surface area (TPSA) is 81.9 Å². The number of rotatable bonds is 5. The number of benzene rings is 2. The Morgan fingerprint density at radius 1 is 1.26 bits per heavy atom. The monoisotopic (exact) mass is 388 g/mol. The summed E-state index contributed by atoms with van der Waals surface area (Å²) in [6.07, 6.45) is 0. The van der Waals surface area contributed by atoms with Crippen molar-refractivity contribution in [3.63, 3.8) is 0 Å². The highest BCUT2D eigenvalue weighted by atomic mass is 32.2. The standard InChI is InChI=1S/C19H20N2O5S/c1-12-7-8-13(11-15(12)21(23)24)18(22)20-9-10-27-19(20)14-5-4-6-16(25-2)17(14)26-3/h4-8,11,19H,9-10H2,1-3H3/t19-/m1/s1. The van der Waals surface area contributed by atoms with Crippen molar-refractivity contribution in [3.05, 3.63) is 63.2 Å². The van der Waals surface area contributed by atoms with Gasteiger partial charge in [0, 0.05) is 35.1 Å². The van der Waals surface area contributed by atoms with Gasteiger partial charge in [0.05, 0.1) is 19.1 Å². The second kappa shape index (κ2) is 7.87. The highest BCUT2D eigenvalue weighted by molar-refractivity contribution is 7.99. The molecule has 3 rings (SSSR count). The van der Waals surface area contributed by atoms with Gasteiger partial charge in [-0.05, 0) is 19.1 Å². The minimum atomic E-state index is -0.465. The first-order valence-corrected chi connectivity index (χ1v) is 9.41. The first-order valence-electron chi connectivity index (χ1n) is 8.36. The quantitative estimate of drug-likeness (QED) is 0.572. The predicted molar refractivity (Wildman–Crippen MR) is 104 cm³/mol. The molecule has 2 aromatic rings.